The summed E-state index contributed by atoms with van der Waals surface area (Å²) in [5, 5.41) is 9.21. The van der Waals surface area contributed by atoms with Crippen molar-refractivity contribution in [2.45, 2.75) is 13.1 Å². The summed E-state index contributed by atoms with van der Waals surface area (Å²) < 4.78 is 13.2. The van der Waals surface area contributed by atoms with Crippen molar-refractivity contribution in [3.05, 3.63) is 164 Å². The van der Waals surface area contributed by atoms with Crippen LogP contribution >= 0.6 is 0 Å². The second-order valence-corrected chi connectivity index (χ2v) is 19.8. The van der Waals surface area contributed by atoms with Crippen LogP contribution in [-0.4, -0.2) is 23.0 Å². The van der Waals surface area contributed by atoms with Crippen molar-refractivity contribution in [1.82, 2.24) is 15.0 Å². The molecular weight excluding hydrogens is 715 g/mol. The first-order valence-electron chi connectivity index (χ1n) is 19.4. The third kappa shape index (κ3) is 4.71. The number of hydrogen-bond acceptors (Lipinski definition) is 5. The van der Waals surface area contributed by atoms with E-state index in [2.05, 4.69) is 140 Å². The SMILES string of the molecule is C[Si]1(C)c2ccccc2-c2c1cc(-c1nc(-c3cccc(-c4cccc5ccccc45)c3)nc(-c3cccc4oc5ccccc5c34)n1)c1c2oc2ccccc21. The zero-order valence-electron chi connectivity index (χ0n) is 31.2. The Morgan fingerprint density at radius 3 is 1.84 bits per heavy atom. The number of furan rings is 2. The summed E-state index contributed by atoms with van der Waals surface area (Å²) in [6.45, 7) is 4.87. The summed E-state index contributed by atoms with van der Waals surface area (Å²) in [4.78, 5) is 16.2. The van der Waals surface area contributed by atoms with Crippen molar-refractivity contribution in [2.24, 2.45) is 0 Å². The number of benzene rings is 8. The Balaban J connectivity index is 1.17. The molecule has 0 saturated carbocycles. The number of rotatable bonds is 4. The first kappa shape index (κ1) is 32.1. The fraction of sp³-hybridized carbons (Fsp3) is 0.0392. The number of para-hydroxylation sites is 2. The van der Waals surface area contributed by atoms with Crippen LogP contribution in [0, 0.1) is 0 Å². The van der Waals surface area contributed by atoms with Crippen LogP contribution in [0.3, 0.4) is 0 Å². The lowest BCUT2D eigenvalue weighted by atomic mass is 9.96. The van der Waals surface area contributed by atoms with Gasteiger partial charge >= 0.3 is 0 Å². The molecule has 5 nitrogen and oxygen atoms in total. The van der Waals surface area contributed by atoms with Gasteiger partial charge in [0, 0.05) is 43.8 Å². The molecule has 0 fully saturated rings. The molecule has 3 aromatic heterocycles. The molecule has 0 saturated heterocycles. The van der Waals surface area contributed by atoms with Crippen LogP contribution in [-0.2, 0) is 0 Å². The van der Waals surface area contributed by atoms with E-state index in [1.54, 1.807) is 0 Å². The van der Waals surface area contributed by atoms with Crippen molar-refractivity contribution in [3.8, 4) is 56.4 Å². The van der Waals surface area contributed by atoms with E-state index < -0.39 is 8.07 Å². The van der Waals surface area contributed by atoms with Gasteiger partial charge < -0.3 is 8.83 Å². The average Bonchev–Trinajstić information content (AvgIpc) is 3.91. The summed E-state index contributed by atoms with van der Waals surface area (Å²) in [5.74, 6) is 1.79. The lowest BCUT2D eigenvalue weighted by Gasteiger charge is -2.19. The largest absolute Gasteiger partial charge is 0.456 e. The van der Waals surface area contributed by atoms with Gasteiger partial charge in [-0.1, -0.05) is 147 Å². The zero-order valence-corrected chi connectivity index (χ0v) is 32.2. The van der Waals surface area contributed by atoms with Crippen LogP contribution in [0.4, 0.5) is 0 Å². The second-order valence-electron chi connectivity index (χ2n) is 15.5. The minimum absolute atomic E-state index is 0.587. The maximum atomic E-state index is 6.87. The Labute approximate surface area is 328 Å². The zero-order chi connectivity index (χ0) is 37.8. The van der Waals surface area contributed by atoms with Crippen LogP contribution in [0.15, 0.2) is 173 Å². The van der Waals surface area contributed by atoms with E-state index in [0.717, 1.165) is 71.7 Å². The molecule has 0 atom stereocenters. The molecule has 6 heteroatoms. The molecule has 0 radical (unpaired) electrons. The molecule has 268 valence electrons. The van der Waals surface area contributed by atoms with Gasteiger partial charge in [-0.25, -0.2) is 15.0 Å². The highest BCUT2D eigenvalue weighted by atomic mass is 28.3. The van der Waals surface area contributed by atoms with Crippen LogP contribution in [0.25, 0.3) is 111 Å². The maximum absolute atomic E-state index is 6.87. The molecule has 0 aliphatic carbocycles. The topological polar surface area (TPSA) is 65.0 Å². The smallest absolute Gasteiger partial charge is 0.164 e. The molecule has 1 aliphatic heterocycles. The predicted molar refractivity (Wildman–Crippen MR) is 236 cm³/mol. The lowest BCUT2D eigenvalue weighted by molar-refractivity contribution is 0.669. The molecule has 8 aromatic carbocycles. The molecule has 4 heterocycles. The Hall–Kier alpha value is -7.15. The molecule has 0 unspecified atom stereocenters. The minimum atomic E-state index is -2.14. The van der Waals surface area contributed by atoms with Gasteiger partial charge in [0.1, 0.15) is 30.4 Å². The highest BCUT2D eigenvalue weighted by Gasteiger charge is 2.40. The molecule has 12 rings (SSSR count). The van der Waals surface area contributed by atoms with Crippen molar-refractivity contribution in [3.63, 3.8) is 0 Å². The maximum Gasteiger partial charge on any atom is 0.164 e. The third-order valence-electron chi connectivity index (χ3n) is 11.9. The standard InChI is InChI=1S/C51H33N3O2Si/c1-57(2)43-27-10-7-21-37(43)47-44(57)29-39(46-36-20-6-9-25-41(36)56-48(46)47)51-53-49(32-17-11-16-31(28-32)34-22-12-15-30-14-3-4-18-33(30)34)52-50(54-51)38-23-13-26-42-45(38)35-19-5-8-24-40(35)55-42/h3-29H,1-2H3. The van der Waals surface area contributed by atoms with Crippen molar-refractivity contribution >= 4 is 73.1 Å². The van der Waals surface area contributed by atoms with Gasteiger partial charge in [0.05, 0.1) is 0 Å². The number of hydrogen-bond donors (Lipinski definition) is 0. The van der Waals surface area contributed by atoms with Gasteiger partial charge in [-0.3, -0.25) is 0 Å². The normalized spacial score (nSPS) is 13.2. The summed E-state index contributed by atoms with van der Waals surface area (Å²) in [6, 6.07) is 57.4. The van der Waals surface area contributed by atoms with Gasteiger partial charge in [-0.2, -0.15) is 0 Å². The molecule has 11 aromatic rings. The first-order chi connectivity index (χ1) is 28.0. The fourth-order valence-electron chi connectivity index (χ4n) is 9.24. The van der Waals surface area contributed by atoms with Crippen molar-refractivity contribution in [1.29, 1.82) is 0 Å². The van der Waals surface area contributed by atoms with E-state index in [1.165, 1.54) is 32.3 Å². The lowest BCUT2D eigenvalue weighted by Crippen LogP contribution is -2.49. The Morgan fingerprint density at radius 1 is 0.404 bits per heavy atom. The van der Waals surface area contributed by atoms with Gasteiger partial charge in [0.2, 0.25) is 0 Å². The van der Waals surface area contributed by atoms with E-state index in [0.29, 0.717) is 17.5 Å². The molecule has 0 amide bonds. The fourth-order valence-corrected chi connectivity index (χ4v) is 12.3. The summed E-state index contributed by atoms with van der Waals surface area (Å²) in [5.41, 5.74) is 10.8. The molecule has 57 heavy (non-hydrogen) atoms. The number of fused-ring (bicyclic) bond motifs is 11. The van der Waals surface area contributed by atoms with E-state index >= 15 is 0 Å². The van der Waals surface area contributed by atoms with Crippen LogP contribution < -0.4 is 10.4 Å². The van der Waals surface area contributed by atoms with Crippen LogP contribution in [0.1, 0.15) is 0 Å². The third-order valence-corrected chi connectivity index (χ3v) is 15.5. The monoisotopic (exact) mass is 747 g/mol. The molecule has 0 bridgehead atoms. The van der Waals surface area contributed by atoms with Crippen molar-refractivity contribution in [2.75, 3.05) is 0 Å². The van der Waals surface area contributed by atoms with E-state index in [1.807, 2.05) is 36.4 Å². The van der Waals surface area contributed by atoms with Gasteiger partial charge in [0.25, 0.3) is 0 Å². The number of aromatic nitrogens is 3. The highest BCUT2D eigenvalue weighted by molar-refractivity contribution is 7.04. The summed E-state index contributed by atoms with van der Waals surface area (Å²) >= 11 is 0. The summed E-state index contributed by atoms with van der Waals surface area (Å²) in [6.07, 6.45) is 0. The highest BCUT2D eigenvalue weighted by Crippen LogP contribution is 2.44. The minimum Gasteiger partial charge on any atom is -0.456 e. The Kier molecular flexibility index (Phi) is 6.72. The van der Waals surface area contributed by atoms with Crippen LogP contribution in [0.2, 0.25) is 13.1 Å². The molecule has 0 N–H and O–H groups in total. The Bertz CT molecular complexity index is 3460. The summed E-state index contributed by atoms with van der Waals surface area (Å²) in [7, 11) is -2.14. The van der Waals surface area contributed by atoms with Crippen molar-refractivity contribution < 1.29 is 8.83 Å². The quantitative estimate of drug-likeness (QED) is 0.168. The van der Waals surface area contributed by atoms with Gasteiger partial charge in [-0.05, 0) is 68.2 Å². The van der Waals surface area contributed by atoms with E-state index in [9.17, 15) is 0 Å². The van der Waals surface area contributed by atoms with Crippen LogP contribution in [0.5, 0.6) is 0 Å². The van der Waals surface area contributed by atoms with Gasteiger partial charge in [0.15, 0.2) is 17.5 Å². The van der Waals surface area contributed by atoms with Gasteiger partial charge in [-0.15, -0.1) is 0 Å². The number of nitrogens with zero attached hydrogens (tertiary/aromatic N) is 3. The molecular formula is C51H33N3O2Si. The predicted octanol–water partition coefficient (Wildman–Crippen LogP) is 12.3. The average molecular weight is 748 g/mol. The Morgan fingerprint density at radius 2 is 0.982 bits per heavy atom. The first-order valence-corrected chi connectivity index (χ1v) is 22.4. The molecule has 0 spiro atoms. The molecule has 1 aliphatic rings. The second kappa shape index (κ2) is 11.9. The van der Waals surface area contributed by atoms with E-state index in [-0.39, 0.29) is 0 Å². The van der Waals surface area contributed by atoms with E-state index in [4.69, 9.17) is 23.8 Å².